The van der Waals surface area contributed by atoms with Gasteiger partial charge < -0.3 is 10.2 Å². The van der Waals surface area contributed by atoms with Gasteiger partial charge in [0.25, 0.3) is 0 Å². The summed E-state index contributed by atoms with van der Waals surface area (Å²) < 4.78 is 0. The molecule has 2 rings (SSSR count). The number of carbonyl (C=O) groups excluding carboxylic acids is 2. The van der Waals surface area contributed by atoms with E-state index in [1.54, 1.807) is 4.90 Å². The summed E-state index contributed by atoms with van der Waals surface area (Å²) in [4.78, 5) is 24.9. The number of benzene rings is 1. The van der Waals surface area contributed by atoms with Crippen LogP contribution in [0.1, 0.15) is 24.0 Å². The van der Waals surface area contributed by atoms with Crippen LogP contribution in [0.3, 0.4) is 0 Å². The van der Waals surface area contributed by atoms with E-state index in [0.29, 0.717) is 25.9 Å². The van der Waals surface area contributed by atoms with Crippen LogP contribution in [0.25, 0.3) is 0 Å². The monoisotopic (exact) mass is 288 g/mol. The first-order valence-corrected chi connectivity index (χ1v) is 6.97. The number of carbonyl (C=O) groups is 2. The third-order valence-corrected chi connectivity index (χ3v) is 3.59. The Kier molecular flexibility index (Phi) is 4.57. The Morgan fingerprint density at radius 1 is 1.19 bits per heavy atom. The highest BCUT2D eigenvalue weighted by molar-refractivity contribution is 6.02. The zero-order chi connectivity index (χ0) is 15.4. The van der Waals surface area contributed by atoms with E-state index in [2.05, 4.69) is 10.6 Å². The molecule has 0 radical (unpaired) electrons. The van der Waals surface area contributed by atoms with Crippen LogP contribution in [-0.2, 0) is 4.79 Å². The first-order chi connectivity index (χ1) is 9.97. The van der Waals surface area contributed by atoms with Crippen LogP contribution in [-0.4, -0.2) is 35.8 Å². The van der Waals surface area contributed by atoms with Crippen molar-refractivity contribution < 1.29 is 9.59 Å². The van der Waals surface area contributed by atoms with E-state index in [1.807, 2.05) is 32.0 Å². The number of piperidine rings is 1. The Labute approximate surface area is 124 Å². The standard InChI is InChI=1S/C15H20N4O2/c1-10-4-3-5-11(2)13(10)17-15(21)18-14(16)19-8-6-12(20)7-9-19/h3-5H,6-9H2,1-2H3,(H3,16,17,18,21). The molecule has 1 heterocycles. The molecule has 1 aromatic rings. The number of anilines is 1. The van der Waals surface area contributed by atoms with E-state index in [1.165, 1.54) is 0 Å². The maximum Gasteiger partial charge on any atom is 0.326 e. The molecule has 0 atom stereocenters. The van der Waals surface area contributed by atoms with Crippen molar-refractivity contribution in [1.29, 1.82) is 5.41 Å². The Morgan fingerprint density at radius 3 is 2.33 bits per heavy atom. The molecule has 1 aliphatic rings. The summed E-state index contributed by atoms with van der Waals surface area (Å²) in [6.07, 6.45) is 0.866. The summed E-state index contributed by atoms with van der Waals surface area (Å²) in [6, 6.07) is 5.34. The molecular weight excluding hydrogens is 268 g/mol. The van der Waals surface area contributed by atoms with Crippen LogP contribution in [0.4, 0.5) is 10.5 Å². The number of guanidine groups is 1. The fraction of sp³-hybridized carbons (Fsp3) is 0.400. The van der Waals surface area contributed by atoms with Gasteiger partial charge in [0.15, 0.2) is 5.96 Å². The van der Waals surface area contributed by atoms with Crippen molar-refractivity contribution in [2.24, 2.45) is 0 Å². The Balaban J connectivity index is 1.92. The number of likely N-dealkylation sites (tertiary alicyclic amines) is 1. The second-order valence-corrected chi connectivity index (χ2v) is 5.22. The van der Waals surface area contributed by atoms with E-state index in [0.717, 1.165) is 16.8 Å². The molecule has 0 saturated carbocycles. The predicted octanol–water partition coefficient (Wildman–Crippen LogP) is 2.02. The van der Waals surface area contributed by atoms with Gasteiger partial charge in [0.2, 0.25) is 0 Å². The quantitative estimate of drug-likeness (QED) is 0.546. The zero-order valence-corrected chi connectivity index (χ0v) is 12.3. The Hall–Kier alpha value is -2.37. The molecule has 1 aromatic carbocycles. The molecular formula is C15H20N4O2. The molecule has 6 heteroatoms. The van der Waals surface area contributed by atoms with Crippen LogP contribution >= 0.6 is 0 Å². The van der Waals surface area contributed by atoms with Crippen molar-refractivity contribution >= 4 is 23.5 Å². The van der Waals surface area contributed by atoms with Crippen molar-refractivity contribution in [3.8, 4) is 0 Å². The van der Waals surface area contributed by atoms with Crippen LogP contribution in [0.15, 0.2) is 18.2 Å². The minimum absolute atomic E-state index is 0.0336. The number of urea groups is 1. The topological polar surface area (TPSA) is 85.3 Å². The number of rotatable bonds is 1. The minimum Gasteiger partial charge on any atom is -0.342 e. The van der Waals surface area contributed by atoms with Gasteiger partial charge >= 0.3 is 6.03 Å². The molecule has 0 spiro atoms. The van der Waals surface area contributed by atoms with Gasteiger partial charge in [-0.15, -0.1) is 0 Å². The average Bonchev–Trinajstić information content (AvgIpc) is 2.43. The van der Waals surface area contributed by atoms with Crippen LogP contribution in [0.2, 0.25) is 0 Å². The van der Waals surface area contributed by atoms with Crippen LogP contribution < -0.4 is 10.6 Å². The number of nitrogens with one attached hydrogen (secondary N) is 3. The van der Waals surface area contributed by atoms with Gasteiger partial charge in [0.05, 0.1) is 0 Å². The van der Waals surface area contributed by atoms with Crippen molar-refractivity contribution in [2.45, 2.75) is 26.7 Å². The first kappa shape index (κ1) is 15.0. The lowest BCUT2D eigenvalue weighted by molar-refractivity contribution is -0.120. The average molecular weight is 288 g/mol. The van der Waals surface area contributed by atoms with Crippen molar-refractivity contribution in [1.82, 2.24) is 10.2 Å². The summed E-state index contributed by atoms with van der Waals surface area (Å²) in [5, 5.41) is 13.2. The molecule has 2 amide bonds. The van der Waals surface area contributed by atoms with E-state index in [-0.39, 0.29) is 11.7 Å². The fourth-order valence-corrected chi connectivity index (χ4v) is 2.32. The first-order valence-electron chi connectivity index (χ1n) is 6.97. The normalized spacial score (nSPS) is 14.8. The number of Topliss-reactive ketones (excluding diaryl/α,β-unsaturated/α-hetero) is 1. The molecule has 1 aliphatic heterocycles. The van der Waals surface area contributed by atoms with Gasteiger partial charge in [-0.25, -0.2) is 4.79 Å². The highest BCUT2D eigenvalue weighted by atomic mass is 16.2. The maximum atomic E-state index is 12.0. The van der Waals surface area contributed by atoms with Gasteiger partial charge in [-0.3, -0.25) is 15.5 Å². The van der Waals surface area contributed by atoms with E-state index >= 15 is 0 Å². The highest BCUT2D eigenvalue weighted by Crippen LogP contribution is 2.19. The van der Waals surface area contributed by atoms with Gasteiger partial charge in [-0.2, -0.15) is 0 Å². The number of aryl methyl sites for hydroxylation is 2. The number of para-hydroxylation sites is 1. The largest absolute Gasteiger partial charge is 0.342 e. The third kappa shape index (κ3) is 3.81. The van der Waals surface area contributed by atoms with E-state index < -0.39 is 6.03 Å². The summed E-state index contributed by atoms with van der Waals surface area (Å²) >= 11 is 0. The van der Waals surface area contributed by atoms with E-state index in [9.17, 15) is 9.59 Å². The van der Waals surface area contributed by atoms with Crippen molar-refractivity contribution in [3.63, 3.8) is 0 Å². The summed E-state index contributed by atoms with van der Waals surface area (Å²) in [5.41, 5.74) is 2.71. The summed E-state index contributed by atoms with van der Waals surface area (Å²) in [5.74, 6) is 0.241. The molecule has 21 heavy (non-hydrogen) atoms. The number of ketones is 1. The van der Waals surface area contributed by atoms with E-state index in [4.69, 9.17) is 5.41 Å². The molecule has 1 saturated heterocycles. The van der Waals surface area contributed by atoms with Gasteiger partial charge in [-0.05, 0) is 25.0 Å². The second kappa shape index (κ2) is 6.39. The van der Waals surface area contributed by atoms with Crippen LogP contribution in [0, 0.1) is 19.3 Å². The molecule has 0 unspecified atom stereocenters. The number of nitrogens with zero attached hydrogens (tertiary/aromatic N) is 1. The predicted molar refractivity (Wildman–Crippen MR) is 81.6 cm³/mol. The lowest BCUT2D eigenvalue weighted by atomic mass is 10.1. The van der Waals surface area contributed by atoms with Crippen molar-refractivity contribution in [3.05, 3.63) is 29.3 Å². The lowest BCUT2D eigenvalue weighted by Crippen LogP contribution is -2.48. The minimum atomic E-state index is -0.436. The number of hydrogen-bond acceptors (Lipinski definition) is 3. The Morgan fingerprint density at radius 2 is 1.76 bits per heavy atom. The Bertz CT molecular complexity index is 553. The maximum absolute atomic E-state index is 12.0. The van der Waals surface area contributed by atoms with Crippen molar-refractivity contribution in [2.75, 3.05) is 18.4 Å². The van der Waals surface area contributed by atoms with Crippen LogP contribution in [0.5, 0.6) is 0 Å². The SMILES string of the molecule is Cc1cccc(C)c1NC(=O)NC(=N)N1CCC(=O)CC1. The number of hydrogen-bond donors (Lipinski definition) is 3. The fourth-order valence-electron chi connectivity index (χ4n) is 2.32. The molecule has 3 N–H and O–H groups in total. The molecule has 112 valence electrons. The summed E-state index contributed by atoms with van der Waals surface area (Å²) in [7, 11) is 0. The zero-order valence-electron chi connectivity index (χ0n) is 12.3. The smallest absolute Gasteiger partial charge is 0.326 e. The molecule has 0 aromatic heterocycles. The molecule has 0 bridgehead atoms. The van der Waals surface area contributed by atoms with Gasteiger partial charge in [0, 0.05) is 31.6 Å². The van der Waals surface area contributed by atoms with Gasteiger partial charge in [0.1, 0.15) is 5.78 Å². The molecule has 1 fully saturated rings. The lowest BCUT2D eigenvalue weighted by Gasteiger charge is -2.28. The third-order valence-electron chi connectivity index (χ3n) is 3.59. The summed E-state index contributed by atoms with van der Waals surface area (Å²) in [6.45, 7) is 4.82. The number of amides is 2. The molecule has 6 nitrogen and oxygen atoms in total. The molecule has 0 aliphatic carbocycles. The highest BCUT2D eigenvalue weighted by Gasteiger charge is 2.19. The van der Waals surface area contributed by atoms with Gasteiger partial charge in [-0.1, -0.05) is 18.2 Å². The second-order valence-electron chi connectivity index (χ2n) is 5.22.